The molecule has 1 fully saturated rings. The summed E-state index contributed by atoms with van der Waals surface area (Å²) in [6.45, 7) is 2.09. The Labute approximate surface area is 249 Å². The minimum Gasteiger partial charge on any atom is -0.497 e. The zero-order valence-electron chi connectivity index (χ0n) is 23.3. The van der Waals surface area contributed by atoms with Gasteiger partial charge in [-0.3, -0.25) is 9.59 Å². The van der Waals surface area contributed by atoms with E-state index in [1.807, 2.05) is 4.90 Å². The number of nitrogens with zero attached hydrogens (tertiary/aromatic N) is 6. The number of carbonyl (C=O) groups excluding carboxylic acids is 1. The number of halogens is 4. The monoisotopic (exact) mass is 626 g/mol. The topological polar surface area (TPSA) is 132 Å². The minimum absolute atomic E-state index is 0.194. The Bertz CT molecular complexity index is 1430. The van der Waals surface area contributed by atoms with Crippen molar-refractivity contribution in [2.45, 2.75) is 31.9 Å². The van der Waals surface area contributed by atoms with Crippen molar-refractivity contribution in [3.05, 3.63) is 69.4 Å². The lowest BCUT2D eigenvalue weighted by Crippen LogP contribution is -2.52. The van der Waals surface area contributed by atoms with Crippen molar-refractivity contribution in [2.75, 3.05) is 51.4 Å². The van der Waals surface area contributed by atoms with Crippen LogP contribution < -0.4 is 19.9 Å². The molecule has 2 atom stereocenters. The van der Waals surface area contributed by atoms with Gasteiger partial charge in [-0.15, -0.1) is 0 Å². The van der Waals surface area contributed by atoms with Gasteiger partial charge < -0.3 is 29.1 Å². The lowest BCUT2D eigenvalue weighted by molar-refractivity contribution is -0.145. The Hall–Kier alpha value is -3.95. The van der Waals surface area contributed by atoms with Crippen LogP contribution in [0.4, 0.5) is 19.1 Å². The zero-order valence-corrected chi connectivity index (χ0v) is 24.1. The fourth-order valence-corrected chi connectivity index (χ4v) is 4.41. The van der Waals surface area contributed by atoms with Gasteiger partial charge in [0, 0.05) is 26.2 Å². The summed E-state index contributed by atoms with van der Waals surface area (Å²) in [7, 11) is 1.48. The van der Waals surface area contributed by atoms with E-state index in [0.717, 1.165) is 6.20 Å². The largest absolute Gasteiger partial charge is 0.497 e. The van der Waals surface area contributed by atoms with Crippen LogP contribution in [0, 0.1) is 0 Å². The number of carbonyl (C=O) groups is 1. The van der Waals surface area contributed by atoms with E-state index in [1.54, 1.807) is 24.3 Å². The van der Waals surface area contributed by atoms with Gasteiger partial charge in [0.2, 0.25) is 5.95 Å². The number of rotatable bonds is 11. The van der Waals surface area contributed by atoms with E-state index in [0.29, 0.717) is 53.1 Å². The maximum Gasteiger partial charge on any atom is 0.425 e. The van der Waals surface area contributed by atoms with Crippen molar-refractivity contribution in [1.82, 2.24) is 24.6 Å². The highest BCUT2D eigenvalue weighted by atomic mass is 35.5. The molecule has 1 aliphatic rings. The Morgan fingerprint density at radius 2 is 1.72 bits per heavy atom. The van der Waals surface area contributed by atoms with Gasteiger partial charge in [-0.25, -0.2) is 14.6 Å². The first-order valence-electron chi connectivity index (χ1n) is 13.2. The predicted molar refractivity (Wildman–Crippen MR) is 148 cm³/mol. The zero-order chi connectivity index (χ0) is 31.1. The number of amides is 1. The van der Waals surface area contributed by atoms with Gasteiger partial charge in [-0.2, -0.15) is 18.3 Å². The minimum atomic E-state index is -5.01. The van der Waals surface area contributed by atoms with Crippen LogP contribution >= 0.6 is 11.6 Å². The van der Waals surface area contributed by atoms with Gasteiger partial charge in [-0.05, 0) is 24.6 Å². The van der Waals surface area contributed by atoms with Crippen molar-refractivity contribution in [2.24, 2.45) is 0 Å². The third-order valence-corrected chi connectivity index (χ3v) is 6.70. The standard InChI is InChI=1S/C27H30ClF3N6O6/c1-17(15-42-16-21(38)24(39)35-7-9-36(10-8-35)26-32-11-19(28)12-33-26)43-22-13-34-37(25(40)23(22)27(29,30)31)14-18-3-5-20(41-2)6-4-18/h3-6,11-13,17,21,38H,7-10,14-16H2,1-2H3/t17-,21+/m0/s1. The third-order valence-electron chi connectivity index (χ3n) is 6.51. The third kappa shape index (κ3) is 8.33. The number of ether oxygens (including phenoxy) is 3. The molecule has 0 unspecified atom stereocenters. The number of methoxy groups -OCH3 is 1. The smallest absolute Gasteiger partial charge is 0.425 e. The summed E-state index contributed by atoms with van der Waals surface area (Å²) in [4.78, 5) is 37.1. The molecule has 0 bridgehead atoms. The molecular formula is C27H30ClF3N6O6. The molecule has 0 radical (unpaired) electrons. The lowest BCUT2D eigenvalue weighted by Gasteiger charge is -2.35. The van der Waals surface area contributed by atoms with E-state index in [4.69, 9.17) is 25.8 Å². The van der Waals surface area contributed by atoms with Gasteiger partial charge in [0.15, 0.2) is 17.4 Å². The molecule has 16 heteroatoms. The summed E-state index contributed by atoms with van der Waals surface area (Å²) in [6, 6.07) is 6.46. The summed E-state index contributed by atoms with van der Waals surface area (Å²) in [5.41, 5.74) is -2.32. The Balaban J connectivity index is 1.29. The van der Waals surface area contributed by atoms with E-state index < -0.39 is 47.8 Å². The second kappa shape index (κ2) is 14.0. The lowest BCUT2D eigenvalue weighted by atomic mass is 10.2. The summed E-state index contributed by atoms with van der Waals surface area (Å²) < 4.78 is 58.1. The van der Waals surface area contributed by atoms with Crippen molar-refractivity contribution in [3.8, 4) is 11.5 Å². The normalized spacial score (nSPS) is 15.2. The van der Waals surface area contributed by atoms with Crippen molar-refractivity contribution < 1.29 is 37.3 Å². The molecule has 232 valence electrons. The van der Waals surface area contributed by atoms with E-state index >= 15 is 0 Å². The van der Waals surface area contributed by atoms with Crippen molar-refractivity contribution in [1.29, 1.82) is 0 Å². The number of aliphatic hydroxyl groups is 1. The fourth-order valence-electron chi connectivity index (χ4n) is 4.31. The molecule has 0 spiro atoms. The molecule has 2 aromatic heterocycles. The van der Waals surface area contributed by atoms with Gasteiger partial charge in [-0.1, -0.05) is 23.7 Å². The molecule has 1 aliphatic heterocycles. The molecule has 1 amide bonds. The molecule has 0 aliphatic carbocycles. The molecule has 43 heavy (non-hydrogen) atoms. The Morgan fingerprint density at radius 1 is 1.07 bits per heavy atom. The van der Waals surface area contributed by atoms with Crippen molar-refractivity contribution in [3.63, 3.8) is 0 Å². The average molecular weight is 627 g/mol. The summed E-state index contributed by atoms with van der Waals surface area (Å²) in [5.74, 6) is -0.263. The average Bonchev–Trinajstić information content (AvgIpc) is 2.98. The number of alkyl halides is 3. The molecule has 1 N–H and O–H groups in total. The van der Waals surface area contributed by atoms with E-state index in [9.17, 15) is 27.9 Å². The molecule has 12 nitrogen and oxygen atoms in total. The van der Waals surface area contributed by atoms with Gasteiger partial charge in [0.05, 0.1) is 50.5 Å². The molecule has 1 saturated heterocycles. The van der Waals surface area contributed by atoms with Crippen LogP contribution in [0.5, 0.6) is 11.5 Å². The maximum absolute atomic E-state index is 13.9. The number of benzene rings is 1. The first kappa shape index (κ1) is 32.0. The van der Waals surface area contributed by atoms with E-state index in [1.165, 1.54) is 31.3 Å². The molecule has 3 aromatic rings. The van der Waals surface area contributed by atoms with Gasteiger partial charge >= 0.3 is 6.18 Å². The number of aliphatic hydroxyl groups excluding tert-OH is 1. The van der Waals surface area contributed by atoms with Gasteiger partial charge in [0.25, 0.3) is 11.5 Å². The summed E-state index contributed by atoms with van der Waals surface area (Å²) >= 11 is 5.81. The Kier molecular flexibility index (Phi) is 10.4. The molecule has 4 rings (SSSR count). The molecule has 0 saturated carbocycles. The number of piperazine rings is 1. The van der Waals surface area contributed by atoms with Crippen LogP contribution in [0.25, 0.3) is 0 Å². The fraction of sp³-hybridized carbons (Fsp3) is 0.444. The Morgan fingerprint density at radius 3 is 2.33 bits per heavy atom. The number of aromatic nitrogens is 4. The summed E-state index contributed by atoms with van der Waals surface area (Å²) in [5, 5.41) is 14.6. The predicted octanol–water partition coefficient (Wildman–Crippen LogP) is 2.26. The van der Waals surface area contributed by atoms with Crippen LogP contribution in [0.2, 0.25) is 5.02 Å². The van der Waals surface area contributed by atoms with Gasteiger partial charge in [0.1, 0.15) is 11.9 Å². The first-order chi connectivity index (χ1) is 20.5. The van der Waals surface area contributed by atoms with E-state index in [-0.39, 0.29) is 13.2 Å². The maximum atomic E-state index is 13.9. The van der Waals surface area contributed by atoms with E-state index in [2.05, 4.69) is 15.1 Å². The highest BCUT2D eigenvalue weighted by Gasteiger charge is 2.39. The van der Waals surface area contributed by atoms with Crippen LogP contribution in [-0.4, -0.2) is 94.4 Å². The van der Waals surface area contributed by atoms with Crippen LogP contribution in [0.1, 0.15) is 18.1 Å². The van der Waals surface area contributed by atoms with Crippen LogP contribution in [-0.2, 0) is 22.3 Å². The number of hydrogen-bond donors (Lipinski definition) is 1. The first-order valence-corrected chi connectivity index (χ1v) is 13.6. The van der Waals surface area contributed by atoms with Crippen LogP contribution in [0.3, 0.4) is 0 Å². The second-order valence-corrected chi connectivity index (χ2v) is 10.1. The highest BCUT2D eigenvalue weighted by Crippen LogP contribution is 2.33. The molecular weight excluding hydrogens is 597 g/mol. The summed E-state index contributed by atoms with van der Waals surface area (Å²) in [6.07, 6.45) is -3.68. The molecule has 1 aromatic carbocycles. The number of anilines is 1. The highest BCUT2D eigenvalue weighted by molar-refractivity contribution is 6.30. The van der Waals surface area contributed by atoms with Crippen molar-refractivity contribution >= 4 is 23.5 Å². The second-order valence-electron chi connectivity index (χ2n) is 9.69. The quantitative estimate of drug-likeness (QED) is 0.338. The SMILES string of the molecule is COc1ccc(Cn2ncc(O[C@@H](C)COC[C@@H](O)C(=O)N3CCN(c4ncc(Cl)cn4)CC3)c(C(F)(F)F)c2=O)cc1. The van der Waals surface area contributed by atoms with Crippen LogP contribution in [0.15, 0.2) is 47.7 Å². The number of hydrogen-bond acceptors (Lipinski definition) is 10. The molecule has 3 heterocycles.